The molecule has 1 aromatic heterocycles. The summed E-state index contributed by atoms with van der Waals surface area (Å²) in [5.74, 6) is 0.826. The molecule has 1 saturated heterocycles. The number of aromatic nitrogens is 2. The Kier molecular flexibility index (Phi) is 4.96. The third-order valence-corrected chi connectivity index (χ3v) is 4.28. The van der Waals surface area contributed by atoms with E-state index in [9.17, 15) is 10.1 Å². The monoisotopic (exact) mass is 333 g/mol. The van der Waals surface area contributed by atoms with Gasteiger partial charge in [-0.1, -0.05) is 0 Å². The lowest BCUT2D eigenvalue weighted by Crippen LogP contribution is -2.37. The Bertz CT molecular complexity index is 722. The zero-order chi connectivity index (χ0) is 17.1. The average molecular weight is 333 g/mol. The van der Waals surface area contributed by atoms with Crippen molar-refractivity contribution in [3.05, 3.63) is 28.3 Å². The number of nitro groups is 1. The van der Waals surface area contributed by atoms with Crippen molar-refractivity contribution in [2.75, 3.05) is 51.8 Å². The van der Waals surface area contributed by atoms with Crippen molar-refractivity contribution in [2.45, 2.75) is 13.0 Å². The molecule has 0 radical (unpaired) electrons. The number of hydrogen-bond donors (Lipinski definition) is 0. The lowest BCUT2D eigenvalue weighted by Gasteiger charge is -2.26. The third kappa shape index (κ3) is 3.49. The van der Waals surface area contributed by atoms with Gasteiger partial charge in [0.15, 0.2) is 0 Å². The molecule has 3 rings (SSSR count). The summed E-state index contributed by atoms with van der Waals surface area (Å²) in [4.78, 5) is 19.5. The van der Waals surface area contributed by atoms with Gasteiger partial charge < -0.3 is 14.2 Å². The van der Waals surface area contributed by atoms with Gasteiger partial charge in [0.25, 0.3) is 5.69 Å². The van der Waals surface area contributed by atoms with Gasteiger partial charge in [-0.3, -0.25) is 15.0 Å². The first kappa shape index (κ1) is 16.7. The molecule has 8 nitrogen and oxygen atoms in total. The van der Waals surface area contributed by atoms with E-state index in [1.165, 1.54) is 0 Å². The van der Waals surface area contributed by atoms with Crippen LogP contribution in [0.5, 0.6) is 0 Å². The lowest BCUT2D eigenvalue weighted by atomic mass is 10.2. The predicted octanol–water partition coefficient (Wildman–Crippen LogP) is 1.73. The summed E-state index contributed by atoms with van der Waals surface area (Å²) in [6.07, 6.45) is 1.00. The van der Waals surface area contributed by atoms with Gasteiger partial charge in [-0.25, -0.2) is 4.98 Å². The molecular formula is C16H23N5O3. The maximum absolute atomic E-state index is 11.0. The number of benzene rings is 1. The first-order valence-corrected chi connectivity index (χ1v) is 8.18. The Morgan fingerprint density at radius 2 is 2.04 bits per heavy atom. The summed E-state index contributed by atoms with van der Waals surface area (Å²) in [7, 11) is 3.88. The van der Waals surface area contributed by atoms with E-state index < -0.39 is 0 Å². The number of ether oxygens (including phenoxy) is 1. The van der Waals surface area contributed by atoms with E-state index in [1.807, 2.05) is 19.0 Å². The molecule has 1 fully saturated rings. The Morgan fingerprint density at radius 1 is 1.29 bits per heavy atom. The number of rotatable bonds is 6. The molecule has 0 N–H and O–H groups in total. The van der Waals surface area contributed by atoms with E-state index in [0.717, 1.165) is 57.3 Å². The average Bonchev–Trinajstić information content (AvgIpc) is 2.94. The van der Waals surface area contributed by atoms with Crippen LogP contribution in [-0.4, -0.2) is 66.3 Å². The first-order valence-electron chi connectivity index (χ1n) is 8.18. The quantitative estimate of drug-likeness (QED) is 0.592. The van der Waals surface area contributed by atoms with Gasteiger partial charge in [0.2, 0.25) is 5.95 Å². The minimum atomic E-state index is -0.383. The molecule has 24 heavy (non-hydrogen) atoms. The second-order valence-electron chi connectivity index (χ2n) is 6.20. The van der Waals surface area contributed by atoms with Gasteiger partial charge in [0, 0.05) is 52.4 Å². The van der Waals surface area contributed by atoms with E-state index >= 15 is 0 Å². The van der Waals surface area contributed by atoms with Gasteiger partial charge >= 0.3 is 0 Å². The molecule has 0 bridgehead atoms. The topological polar surface area (TPSA) is 76.7 Å². The summed E-state index contributed by atoms with van der Waals surface area (Å²) in [5, 5.41) is 11.0. The second-order valence-corrected chi connectivity index (χ2v) is 6.20. The molecule has 1 aromatic carbocycles. The maximum Gasteiger partial charge on any atom is 0.271 e. The number of anilines is 1. The highest BCUT2D eigenvalue weighted by Crippen LogP contribution is 2.25. The molecule has 0 spiro atoms. The minimum Gasteiger partial charge on any atom is -0.379 e. The number of aryl methyl sites for hydroxylation is 1. The van der Waals surface area contributed by atoms with Crippen molar-refractivity contribution in [1.82, 2.24) is 14.5 Å². The van der Waals surface area contributed by atoms with Crippen molar-refractivity contribution >= 4 is 22.7 Å². The third-order valence-electron chi connectivity index (χ3n) is 4.28. The first-order chi connectivity index (χ1) is 11.6. The highest BCUT2D eigenvalue weighted by atomic mass is 16.6. The molecule has 130 valence electrons. The van der Waals surface area contributed by atoms with Gasteiger partial charge in [-0.05, 0) is 12.5 Å². The second kappa shape index (κ2) is 7.14. The van der Waals surface area contributed by atoms with Gasteiger partial charge in [-0.15, -0.1) is 0 Å². The van der Waals surface area contributed by atoms with E-state index in [2.05, 4.69) is 14.5 Å². The molecule has 1 aliphatic rings. The maximum atomic E-state index is 11.0. The molecule has 1 aliphatic heterocycles. The molecule has 0 unspecified atom stereocenters. The molecular weight excluding hydrogens is 310 g/mol. The van der Waals surface area contributed by atoms with Crippen LogP contribution < -0.4 is 4.90 Å². The fourth-order valence-corrected chi connectivity index (χ4v) is 3.06. The van der Waals surface area contributed by atoms with Crippen LogP contribution >= 0.6 is 0 Å². The van der Waals surface area contributed by atoms with Crippen LogP contribution in [0.1, 0.15) is 6.42 Å². The van der Waals surface area contributed by atoms with Crippen LogP contribution in [0.3, 0.4) is 0 Å². The van der Waals surface area contributed by atoms with E-state index in [0.29, 0.717) is 5.52 Å². The Hall–Kier alpha value is -2.19. The molecule has 0 atom stereocenters. The van der Waals surface area contributed by atoms with Crippen LogP contribution in [0.2, 0.25) is 0 Å². The lowest BCUT2D eigenvalue weighted by molar-refractivity contribution is -0.384. The number of hydrogen-bond acceptors (Lipinski definition) is 6. The number of nitrogens with zero attached hydrogens (tertiary/aromatic N) is 5. The Balaban J connectivity index is 1.79. The number of non-ortho nitro benzene ring substituents is 1. The van der Waals surface area contributed by atoms with Gasteiger partial charge in [-0.2, -0.15) is 0 Å². The van der Waals surface area contributed by atoms with E-state index in [1.54, 1.807) is 18.2 Å². The van der Waals surface area contributed by atoms with E-state index in [-0.39, 0.29) is 10.6 Å². The van der Waals surface area contributed by atoms with Gasteiger partial charge in [0.1, 0.15) is 0 Å². The van der Waals surface area contributed by atoms with Crippen molar-refractivity contribution in [3.63, 3.8) is 0 Å². The zero-order valence-electron chi connectivity index (χ0n) is 14.1. The predicted molar refractivity (Wildman–Crippen MR) is 92.6 cm³/mol. The van der Waals surface area contributed by atoms with Crippen molar-refractivity contribution < 1.29 is 9.66 Å². The molecule has 8 heteroatoms. The van der Waals surface area contributed by atoms with Crippen LogP contribution in [0, 0.1) is 10.1 Å². The van der Waals surface area contributed by atoms with Crippen molar-refractivity contribution in [2.24, 2.45) is 0 Å². The molecule has 0 saturated carbocycles. The minimum absolute atomic E-state index is 0.0748. The van der Waals surface area contributed by atoms with Crippen LogP contribution in [0.15, 0.2) is 18.2 Å². The number of morpholine rings is 1. The summed E-state index contributed by atoms with van der Waals surface area (Å²) in [6, 6.07) is 4.88. The smallest absolute Gasteiger partial charge is 0.271 e. The molecule has 2 heterocycles. The van der Waals surface area contributed by atoms with Crippen LogP contribution in [0.25, 0.3) is 11.0 Å². The molecule has 2 aromatic rings. The fourth-order valence-electron chi connectivity index (χ4n) is 3.06. The highest BCUT2D eigenvalue weighted by molar-refractivity contribution is 5.81. The molecule has 0 amide bonds. The zero-order valence-corrected chi connectivity index (χ0v) is 14.1. The standard InChI is InChI=1S/C16H23N5O3/c1-18(2)16-17-14-12-13(21(22)23)4-5-15(14)20(16)7-3-6-19-8-10-24-11-9-19/h4-5,12H,3,6-11H2,1-2H3. The summed E-state index contributed by atoms with van der Waals surface area (Å²) in [5.41, 5.74) is 1.68. The van der Waals surface area contributed by atoms with E-state index in [4.69, 9.17) is 4.74 Å². The Labute approximate surface area is 140 Å². The Morgan fingerprint density at radius 3 is 2.71 bits per heavy atom. The van der Waals surface area contributed by atoms with Crippen LogP contribution in [0.4, 0.5) is 11.6 Å². The number of nitro benzene ring substituents is 1. The summed E-state index contributed by atoms with van der Waals surface area (Å²) in [6.45, 7) is 5.43. The van der Waals surface area contributed by atoms with Crippen LogP contribution in [-0.2, 0) is 11.3 Å². The fraction of sp³-hybridized carbons (Fsp3) is 0.562. The SMILES string of the molecule is CN(C)c1nc2cc([N+](=O)[O-])ccc2n1CCCN1CCOCC1. The normalized spacial score (nSPS) is 15.8. The highest BCUT2D eigenvalue weighted by Gasteiger charge is 2.16. The number of fused-ring (bicyclic) bond motifs is 1. The summed E-state index contributed by atoms with van der Waals surface area (Å²) < 4.78 is 7.51. The number of imidazole rings is 1. The van der Waals surface area contributed by atoms with Gasteiger partial charge in [0.05, 0.1) is 29.2 Å². The largest absolute Gasteiger partial charge is 0.379 e. The van der Waals surface area contributed by atoms with Crippen molar-refractivity contribution in [1.29, 1.82) is 0 Å². The molecule has 0 aliphatic carbocycles. The van der Waals surface area contributed by atoms with Crippen molar-refractivity contribution in [3.8, 4) is 0 Å². The summed E-state index contributed by atoms with van der Waals surface area (Å²) >= 11 is 0.